The van der Waals surface area contributed by atoms with Gasteiger partial charge in [0.25, 0.3) is 0 Å². The summed E-state index contributed by atoms with van der Waals surface area (Å²) in [5.41, 5.74) is 5.83. The summed E-state index contributed by atoms with van der Waals surface area (Å²) < 4.78 is 55.9. The molecule has 0 spiro atoms. The van der Waals surface area contributed by atoms with Crippen LogP contribution in [0.25, 0.3) is 11.1 Å². The molecule has 2 atom stereocenters. The molecule has 0 radical (unpaired) electrons. The molecule has 4 nitrogen and oxygen atoms in total. The minimum absolute atomic E-state index is 0.0467. The fourth-order valence-electron chi connectivity index (χ4n) is 4.30. The van der Waals surface area contributed by atoms with Crippen molar-refractivity contribution < 1.29 is 27.8 Å². The van der Waals surface area contributed by atoms with E-state index in [1.54, 1.807) is 0 Å². The van der Waals surface area contributed by atoms with Crippen LogP contribution in [0.15, 0.2) is 48.5 Å². The zero-order valence-electron chi connectivity index (χ0n) is 17.2. The summed E-state index contributed by atoms with van der Waals surface area (Å²) in [6, 6.07) is 12.4. The minimum Gasteiger partial charge on any atom is -0.490 e. The van der Waals surface area contributed by atoms with Crippen molar-refractivity contribution in [2.75, 3.05) is 19.8 Å². The average Bonchev–Trinajstić information content (AvgIpc) is 3.09. The molecular formula is C24H21ClF3NO3. The Hall–Kier alpha value is -2.74. The number of benzene rings is 3. The van der Waals surface area contributed by atoms with E-state index in [1.807, 2.05) is 37.3 Å². The van der Waals surface area contributed by atoms with Crippen LogP contribution in [-0.4, -0.2) is 24.9 Å². The van der Waals surface area contributed by atoms with Crippen LogP contribution in [0, 0.1) is 17.5 Å². The number of halogens is 4. The van der Waals surface area contributed by atoms with Crippen molar-refractivity contribution in [3.8, 4) is 22.6 Å². The molecule has 0 bridgehead atoms. The molecule has 1 heterocycles. The minimum atomic E-state index is -1.24. The van der Waals surface area contributed by atoms with Gasteiger partial charge in [0.15, 0.2) is 17.2 Å². The maximum Gasteiger partial charge on any atom is 0.170 e. The highest BCUT2D eigenvalue weighted by atomic mass is 35.5. The Kier molecular flexibility index (Phi) is 6.07. The second-order valence-electron chi connectivity index (χ2n) is 7.55. The highest BCUT2D eigenvalue weighted by molar-refractivity contribution is 6.34. The second-order valence-corrected chi connectivity index (χ2v) is 7.93. The number of rotatable bonds is 6. The summed E-state index contributed by atoms with van der Waals surface area (Å²) in [6.07, 6.45) is 0. The molecule has 0 saturated carbocycles. The maximum absolute atomic E-state index is 15.1. The molecule has 32 heavy (non-hydrogen) atoms. The smallest absolute Gasteiger partial charge is 0.170 e. The topological polar surface area (TPSA) is 64.7 Å². The zero-order valence-corrected chi connectivity index (χ0v) is 17.9. The largest absolute Gasteiger partial charge is 0.490 e. The van der Waals surface area contributed by atoms with Crippen LogP contribution < -0.4 is 15.2 Å². The number of nitrogens with two attached hydrogens (primary N) is 1. The Labute approximate surface area is 188 Å². The van der Waals surface area contributed by atoms with Crippen LogP contribution in [0.4, 0.5) is 13.2 Å². The molecule has 3 N–H and O–H groups in total. The van der Waals surface area contributed by atoms with E-state index in [0.717, 1.165) is 17.7 Å². The molecule has 0 saturated heterocycles. The van der Waals surface area contributed by atoms with Gasteiger partial charge >= 0.3 is 0 Å². The van der Waals surface area contributed by atoms with Gasteiger partial charge < -0.3 is 20.3 Å². The van der Waals surface area contributed by atoms with Gasteiger partial charge in [-0.25, -0.2) is 13.2 Å². The Morgan fingerprint density at radius 1 is 1.09 bits per heavy atom. The predicted octanol–water partition coefficient (Wildman–Crippen LogP) is 5.15. The van der Waals surface area contributed by atoms with E-state index in [1.165, 1.54) is 6.07 Å². The lowest BCUT2D eigenvalue weighted by Gasteiger charge is -2.32. The van der Waals surface area contributed by atoms with E-state index < -0.39 is 34.0 Å². The molecule has 168 valence electrons. The molecule has 0 aliphatic carbocycles. The van der Waals surface area contributed by atoms with E-state index in [2.05, 4.69) is 0 Å². The first-order chi connectivity index (χ1) is 15.4. The lowest BCUT2D eigenvalue weighted by atomic mass is 9.78. The third-order valence-corrected chi connectivity index (χ3v) is 6.24. The summed E-state index contributed by atoms with van der Waals surface area (Å²) in [5, 5.41) is 8.73. The van der Waals surface area contributed by atoms with Gasteiger partial charge in [-0.05, 0) is 17.7 Å². The van der Waals surface area contributed by atoms with Gasteiger partial charge in [0, 0.05) is 29.7 Å². The Balaban J connectivity index is 2.00. The number of hydrogen-bond acceptors (Lipinski definition) is 4. The summed E-state index contributed by atoms with van der Waals surface area (Å²) in [6.45, 7) is 1.34. The van der Waals surface area contributed by atoms with Crippen molar-refractivity contribution in [2.24, 2.45) is 5.73 Å². The van der Waals surface area contributed by atoms with Crippen LogP contribution in [-0.2, 0) is 5.60 Å². The fraction of sp³-hybridized carbons (Fsp3) is 0.250. The van der Waals surface area contributed by atoms with Crippen molar-refractivity contribution in [3.05, 3.63) is 82.1 Å². The quantitative estimate of drug-likeness (QED) is 0.531. The number of fused-ring (bicyclic) bond motifs is 1. The molecule has 0 aromatic heterocycles. The number of aliphatic hydroxyl groups excluding tert-OH is 1. The van der Waals surface area contributed by atoms with E-state index in [4.69, 9.17) is 31.9 Å². The molecule has 8 heteroatoms. The third-order valence-electron chi connectivity index (χ3n) is 5.87. The monoisotopic (exact) mass is 463 g/mol. The van der Waals surface area contributed by atoms with Gasteiger partial charge in [0.2, 0.25) is 0 Å². The van der Waals surface area contributed by atoms with E-state index in [0.29, 0.717) is 5.56 Å². The van der Waals surface area contributed by atoms with Crippen molar-refractivity contribution in [3.63, 3.8) is 0 Å². The molecule has 0 fully saturated rings. The first-order valence-electron chi connectivity index (χ1n) is 10.0. The molecule has 3 aromatic carbocycles. The van der Waals surface area contributed by atoms with Gasteiger partial charge in [0.05, 0.1) is 17.2 Å². The number of hydrogen-bond donors (Lipinski definition) is 2. The van der Waals surface area contributed by atoms with Crippen LogP contribution >= 0.6 is 11.6 Å². The van der Waals surface area contributed by atoms with Crippen LogP contribution in [0.5, 0.6) is 11.5 Å². The van der Waals surface area contributed by atoms with Crippen LogP contribution in [0.1, 0.15) is 24.0 Å². The summed E-state index contributed by atoms with van der Waals surface area (Å²) in [4.78, 5) is 0. The second kappa shape index (κ2) is 8.65. The first-order valence-corrected chi connectivity index (χ1v) is 10.4. The highest BCUT2D eigenvalue weighted by Crippen LogP contribution is 2.56. The summed E-state index contributed by atoms with van der Waals surface area (Å²) >= 11 is 6.33. The fourth-order valence-corrected chi connectivity index (χ4v) is 4.55. The Morgan fingerprint density at radius 2 is 1.81 bits per heavy atom. The lowest BCUT2D eigenvalue weighted by molar-refractivity contribution is 0.0800. The lowest BCUT2D eigenvalue weighted by Crippen LogP contribution is -2.41. The van der Waals surface area contributed by atoms with Crippen LogP contribution in [0.3, 0.4) is 0 Å². The van der Waals surface area contributed by atoms with Gasteiger partial charge in [-0.2, -0.15) is 0 Å². The standard InChI is InChI=1S/C24H21ClF3NO3/c1-13-19-18(32-24(13,12-29)14-5-3-2-4-6-14)11-16(27)22(25)21(19)20-17(31-10-9-30)8-7-15(26)23(20)28/h2-8,11,13,30H,9-10,12,29H2,1H3. The van der Waals surface area contributed by atoms with Crippen LogP contribution in [0.2, 0.25) is 5.02 Å². The Bertz CT molecular complexity index is 1160. The van der Waals surface area contributed by atoms with Gasteiger partial charge in [-0.3, -0.25) is 0 Å². The molecule has 1 aliphatic heterocycles. The van der Waals surface area contributed by atoms with E-state index in [-0.39, 0.29) is 42.4 Å². The molecule has 4 rings (SSSR count). The zero-order chi connectivity index (χ0) is 23.0. The van der Waals surface area contributed by atoms with Gasteiger partial charge in [0.1, 0.15) is 23.9 Å². The highest BCUT2D eigenvalue weighted by Gasteiger charge is 2.49. The van der Waals surface area contributed by atoms with E-state index >= 15 is 4.39 Å². The summed E-state index contributed by atoms with van der Waals surface area (Å²) in [5.74, 6) is -3.68. The Morgan fingerprint density at radius 3 is 2.47 bits per heavy atom. The molecule has 3 aromatic rings. The number of ether oxygens (including phenoxy) is 2. The summed E-state index contributed by atoms with van der Waals surface area (Å²) in [7, 11) is 0. The molecule has 1 aliphatic rings. The van der Waals surface area contributed by atoms with Gasteiger partial charge in [-0.1, -0.05) is 48.9 Å². The molecular weight excluding hydrogens is 443 g/mol. The van der Waals surface area contributed by atoms with Gasteiger partial charge in [-0.15, -0.1) is 0 Å². The maximum atomic E-state index is 15.1. The molecule has 2 unspecified atom stereocenters. The third kappa shape index (κ3) is 3.41. The molecule has 0 amide bonds. The average molecular weight is 464 g/mol. The first kappa shape index (κ1) is 22.5. The number of aliphatic hydroxyl groups is 1. The normalized spacial score (nSPS) is 19.5. The predicted molar refractivity (Wildman–Crippen MR) is 116 cm³/mol. The van der Waals surface area contributed by atoms with Crippen molar-refractivity contribution in [1.29, 1.82) is 0 Å². The van der Waals surface area contributed by atoms with Crippen molar-refractivity contribution in [2.45, 2.75) is 18.4 Å². The van der Waals surface area contributed by atoms with Crippen molar-refractivity contribution >= 4 is 11.6 Å². The SMILES string of the molecule is CC1c2c(cc(F)c(Cl)c2-c2c(OCCO)ccc(F)c2F)OC1(CN)c1ccccc1. The van der Waals surface area contributed by atoms with Crippen molar-refractivity contribution in [1.82, 2.24) is 0 Å². The van der Waals surface area contributed by atoms with E-state index in [9.17, 15) is 8.78 Å².